The fourth-order valence-corrected chi connectivity index (χ4v) is 1.52. The molecule has 0 spiro atoms. The van der Waals surface area contributed by atoms with Crippen molar-refractivity contribution in [1.29, 1.82) is 0 Å². The molecule has 1 atom stereocenters. The topological polar surface area (TPSA) is 114 Å². The molecule has 0 aliphatic heterocycles. The van der Waals surface area contributed by atoms with Gasteiger partial charge < -0.3 is 20.8 Å². The molecule has 0 aliphatic carbocycles. The number of rotatable bonds is 5. The third-order valence-electron chi connectivity index (χ3n) is 2.39. The van der Waals surface area contributed by atoms with Crippen molar-refractivity contribution in [2.45, 2.75) is 39.3 Å². The Morgan fingerprint density at radius 3 is 2.45 bits per heavy atom. The number of amides is 1. The minimum Gasteiger partial charge on any atom is -0.490 e. The van der Waals surface area contributed by atoms with Crippen molar-refractivity contribution in [1.82, 2.24) is 15.3 Å². The van der Waals surface area contributed by atoms with Crippen LogP contribution in [-0.4, -0.2) is 34.6 Å². The monoisotopic (exact) mass is 282 g/mol. The number of nitrogen functional groups attached to an aromatic ring is 1. The molecule has 0 saturated carbocycles. The van der Waals surface area contributed by atoms with Gasteiger partial charge in [-0.2, -0.15) is 0 Å². The van der Waals surface area contributed by atoms with Gasteiger partial charge in [0.05, 0.1) is 7.11 Å². The van der Waals surface area contributed by atoms with Gasteiger partial charge in [-0.05, 0) is 27.7 Å². The summed E-state index contributed by atoms with van der Waals surface area (Å²) in [5.41, 5.74) is 2.11. The zero-order chi connectivity index (χ0) is 15.3. The van der Waals surface area contributed by atoms with Crippen molar-refractivity contribution in [3.05, 3.63) is 6.33 Å². The number of hydrazine groups is 1. The number of nitrogens with two attached hydrogens (primary N) is 1. The third kappa shape index (κ3) is 4.23. The fraction of sp³-hybridized carbons (Fsp3) is 0.583. The smallest absolute Gasteiger partial charge is 0.242 e. The molecule has 112 valence electrons. The Morgan fingerprint density at radius 1 is 1.35 bits per heavy atom. The molecule has 8 heteroatoms. The normalized spacial score (nSPS) is 12.5. The van der Waals surface area contributed by atoms with Gasteiger partial charge in [-0.1, -0.05) is 0 Å². The molecule has 0 aliphatic rings. The standard InChI is InChI=1S/C12H22N6O2/c1-7(11(19)17-12(2,3)4)16-9-8(20-5)10(18-13)15-6-14-9/h6-7H,13H2,1-5H3,(H,17,19)(H2,14,15,16,18). The molecule has 1 aromatic rings. The summed E-state index contributed by atoms with van der Waals surface area (Å²) in [6.07, 6.45) is 1.33. The number of ether oxygens (including phenoxy) is 1. The molecule has 1 aromatic heterocycles. The molecule has 0 saturated heterocycles. The number of anilines is 2. The number of methoxy groups -OCH3 is 1. The Balaban J connectivity index is 2.85. The number of aromatic nitrogens is 2. The van der Waals surface area contributed by atoms with Crippen LogP contribution in [0.15, 0.2) is 6.33 Å². The maximum atomic E-state index is 12.0. The zero-order valence-electron chi connectivity index (χ0n) is 12.4. The average Bonchev–Trinajstić information content (AvgIpc) is 2.36. The van der Waals surface area contributed by atoms with Crippen LogP contribution in [-0.2, 0) is 4.79 Å². The number of nitrogens with one attached hydrogen (secondary N) is 3. The van der Waals surface area contributed by atoms with Gasteiger partial charge in [-0.15, -0.1) is 0 Å². The molecule has 8 nitrogen and oxygen atoms in total. The molecule has 0 bridgehead atoms. The second kappa shape index (κ2) is 6.38. The second-order valence-electron chi connectivity index (χ2n) is 5.35. The molecule has 1 unspecified atom stereocenters. The van der Waals surface area contributed by atoms with Gasteiger partial charge in [0.15, 0.2) is 11.6 Å². The highest BCUT2D eigenvalue weighted by Crippen LogP contribution is 2.28. The molecule has 0 radical (unpaired) electrons. The van der Waals surface area contributed by atoms with Crippen LogP contribution in [0.1, 0.15) is 27.7 Å². The first kappa shape index (κ1) is 16.0. The SMILES string of the molecule is COc1c(NN)ncnc1NC(C)C(=O)NC(C)(C)C. The molecule has 1 amide bonds. The Bertz CT molecular complexity index is 472. The van der Waals surface area contributed by atoms with E-state index in [1.807, 2.05) is 20.8 Å². The van der Waals surface area contributed by atoms with Crippen molar-refractivity contribution in [3.8, 4) is 5.75 Å². The van der Waals surface area contributed by atoms with E-state index in [1.165, 1.54) is 13.4 Å². The van der Waals surface area contributed by atoms with E-state index in [0.29, 0.717) is 17.4 Å². The molecular weight excluding hydrogens is 260 g/mol. The Kier molecular flexibility index (Phi) is 5.09. The van der Waals surface area contributed by atoms with Crippen LogP contribution < -0.4 is 26.6 Å². The molecular formula is C12H22N6O2. The van der Waals surface area contributed by atoms with Gasteiger partial charge in [0.2, 0.25) is 11.7 Å². The largest absolute Gasteiger partial charge is 0.490 e. The minimum absolute atomic E-state index is 0.138. The number of hydrogen-bond acceptors (Lipinski definition) is 7. The fourth-order valence-electron chi connectivity index (χ4n) is 1.52. The summed E-state index contributed by atoms with van der Waals surface area (Å²) in [5.74, 6) is 6.29. The van der Waals surface area contributed by atoms with Crippen molar-refractivity contribution in [3.63, 3.8) is 0 Å². The Morgan fingerprint density at radius 2 is 1.95 bits per heavy atom. The zero-order valence-corrected chi connectivity index (χ0v) is 12.4. The van der Waals surface area contributed by atoms with Crippen LogP contribution in [0.3, 0.4) is 0 Å². The summed E-state index contributed by atoms with van der Waals surface area (Å²) in [6.45, 7) is 7.48. The van der Waals surface area contributed by atoms with E-state index in [-0.39, 0.29) is 11.4 Å². The molecule has 1 rings (SSSR count). The van der Waals surface area contributed by atoms with E-state index >= 15 is 0 Å². The first-order valence-electron chi connectivity index (χ1n) is 6.22. The second-order valence-corrected chi connectivity index (χ2v) is 5.35. The molecule has 0 fully saturated rings. The van der Waals surface area contributed by atoms with Crippen molar-refractivity contribution >= 4 is 17.5 Å². The van der Waals surface area contributed by atoms with E-state index in [4.69, 9.17) is 10.6 Å². The Hall–Kier alpha value is -2.09. The average molecular weight is 282 g/mol. The first-order chi connectivity index (χ1) is 9.28. The lowest BCUT2D eigenvalue weighted by Crippen LogP contribution is -2.47. The summed E-state index contributed by atoms with van der Waals surface area (Å²) in [6, 6.07) is -0.483. The predicted molar refractivity (Wildman–Crippen MR) is 77.4 cm³/mol. The van der Waals surface area contributed by atoms with Gasteiger partial charge in [0.25, 0.3) is 0 Å². The molecule has 20 heavy (non-hydrogen) atoms. The van der Waals surface area contributed by atoms with Crippen LogP contribution in [0.4, 0.5) is 11.6 Å². The van der Waals surface area contributed by atoms with E-state index in [1.54, 1.807) is 6.92 Å². The van der Waals surface area contributed by atoms with Crippen molar-refractivity contribution in [2.24, 2.45) is 5.84 Å². The summed E-state index contributed by atoms with van der Waals surface area (Å²) in [4.78, 5) is 20.0. The van der Waals surface area contributed by atoms with Crippen LogP contribution in [0.2, 0.25) is 0 Å². The van der Waals surface area contributed by atoms with Crippen molar-refractivity contribution in [2.75, 3.05) is 17.9 Å². The van der Waals surface area contributed by atoms with Crippen molar-refractivity contribution < 1.29 is 9.53 Å². The summed E-state index contributed by atoms with van der Waals surface area (Å²) >= 11 is 0. The first-order valence-corrected chi connectivity index (χ1v) is 6.22. The summed E-state index contributed by atoms with van der Waals surface area (Å²) < 4.78 is 5.19. The van der Waals surface area contributed by atoms with Crippen LogP contribution in [0.25, 0.3) is 0 Å². The maximum absolute atomic E-state index is 12.0. The van der Waals surface area contributed by atoms with E-state index in [9.17, 15) is 4.79 Å². The lowest BCUT2D eigenvalue weighted by Gasteiger charge is -2.24. The maximum Gasteiger partial charge on any atom is 0.242 e. The van der Waals surface area contributed by atoms with E-state index in [2.05, 4.69) is 26.0 Å². The third-order valence-corrected chi connectivity index (χ3v) is 2.39. The number of hydrogen-bond donors (Lipinski definition) is 4. The number of nitrogens with zero attached hydrogens (tertiary/aromatic N) is 2. The summed E-state index contributed by atoms with van der Waals surface area (Å²) in [7, 11) is 1.48. The molecule has 0 aromatic carbocycles. The minimum atomic E-state index is -0.483. The molecule has 1 heterocycles. The highest BCUT2D eigenvalue weighted by molar-refractivity contribution is 5.85. The highest BCUT2D eigenvalue weighted by atomic mass is 16.5. The van der Waals surface area contributed by atoms with Gasteiger partial charge in [0, 0.05) is 5.54 Å². The van der Waals surface area contributed by atoms with Crippen LogP contribution >= 0.6 is 0 Å². The summed E-state index contributed by atoms with van der Waals surface area (Å²) in [5, 5.41) is 5.85. The van der Waals surface area contributed by atoms with Gasteiger partial charge >= 0.3 is 0 Å². The van der Waals surface area contributed by atoms with E-state index < -0.39 is 6.04 Å². The Labute approximate surface area is 118 Å². The quantitative estimate of drug-likeness (QED) is 0.459. The van der Waals surface area contributed by atoms with Crippen LogP contribution in [0.5, 0.6) is 5.75 Å². The van der Waals surface area contributed by atoms with Gasteiger partial charge in [0.1, 0.15) is 12.4 Å². The van der Waals surface area contributed by atoms with Gasteiger partial charge in [-0.3, -0.25) is 4.79 Å². The van der Waals surface area contributed by atoms with Gasteiger partial charge in [-0.25, -0.2) is 15.8 Å². The highest BCUT2D eigenvalue weighted by Gasteiger charge is 2.21. The van der Waals surface area contributed by atoms with Crippen LogP contribution in [0, 0.1) is 0 Å². The number of carbonyl (C=O) groups excluding carboxylic acids is 1. The molecule has 5 N–H and O–H groups in total. The predicted octanol–water partition coefficient (Wildman–Crippen LogP) is 0.486. The lowest BCUT2D eigenvalue weighted by atomic mass is 10.1. The lowest BCUT2D eigenvalue weighted by molar-refractivity contribution is -0.122. The number of carbonyl (C=O) groups is 1. The van der Waals surface area contributed by atoms with E-state index in [0.717, 1.165) is 0 Å².